The summed E-state index contributed by atoms with van der Waals surface area (Å²) in [5.74, 6) is -1.26. The minimum Gasteiger partial charge on any atom is -0.482 e. The number of carbonyl (C=O) groups is 2. The summed E-state index contributed by atoms with van der Waals surface area (Å²) in [6.07, 6.45) is 1.26. The Kier molecular flexibility index (Phi) is 7.46. The summed E-state index contributed by atoms with van der Waals surface area (Å²) >= 11 is 6.59. The Labute approximate surface area is 181 Å². The van der Waals surface area contributed by atoms with Crippen LogP contribution in [-0.4, -0.2) is 23.3 Å². The zero-order chi connectivity index (χ0) is 21.6. The number of benzene rings is 2. The highest BCUT2D eigenvalue weighted by molar-refractivity contribution is 9.11. The number of nitriles is 1. The maximum absolute atomic E-state index is 12.5. The molecule has 2 aromatic carbocycles. The largest absolute Gasteiger partial charge is 0.482 e. The molecule has 0 atom stereocenters. The number of anilines is 1. The van der Waals surface area contributed by atoms with Crippen molar-refractivity contribution >= 4 is 61.1 Å². The van der Waals surface area contributed by atoms with E-state index in [1.165, 1.54) is 30.3 Å². The van der Waals surface area contributed by atoms with Crippen molar-refractivity contribution in [1.82, 2.24) is 0 Å². The number of nitro benzene ring substituents is 1. The van der Waals surface area contributed by atoms with E-state index in [0.29, 0.717) is 14.5 Å². The van der Waals surface area contributed by atoms with Crippen LogP contribution in [0.2, 0.25) is 0 Å². The van der Waals surface area contributed by atoms with Gasteiger partial charge in [0, 0.05) is 27.9 Å². The van der Waals surface area contributed by atoms with Gasteiger partial charge >= 0.3 is 0 Å². The predicted molar refractivity (Wildman–Crippen MR) is 112 cm³/mol. The Morgan fingerprint density at radius 3 is 2.66 bits per heavy atom. The number of ether oxygens (including phenoxy) is 1. The second-order valence-electron chi connectivity index (χ2n) is 5.49. The van der Waals surface area contributed by atoms with E-state index in [2.05, 4.69) is 37.2 Å². The van der Waals surface area contributed by atoms with E-state index >= 15 is 0 Å². The van der Waals surface area contributed by atoms with E-state index in [9.17, 15) is 25.0 Å². The molecule has 0 saturated heterocycles. The Hall–Kier alpha value is -3.23. The second kappa shape index (κ2) is 9.81. The summed E-state index contributed by atoms with van der Waals surface area (Å²) in [7, 11) is 0. The van der Waals surface area contributed by atoms with Crippen molar-refractivity contribution in [2.24, 2.45) is 5.73 Å². The lowest BCUT2D eigenvalue weighted by Gasteiger charge is -2.11. The summed E-state index contributed by atoms with van der Waals surface area (Å²) in [6.45, 7) is -0.400. The van der Waals surface area contributed by atoms with E-state index in [1.807, 2.05) is 0 Å². The molecule has 0 saturated carbocycles. The molecule has 0 aliphatic rings. The number of non-ortho nitro benzene ring substituents is 1. The summed E-state index contributed by atoms with van der Waals surface area (Å²) in [4.78, 5) is 33.7. The van der Waals surface area contributed by atoms with Crippen LogP contribution in [0.3, 0.4) is 0 Å². The normalized spacial score (nSPS) is 10.7. The number of nitrogens with two attached hydrogens (primary N) is 1. The third kappa shape index (κ3) is 6.13. The second-order valence-corrected chi connectivity index (χ2v) is 7.26. The standard InChI is InChI=1S/C18H12Br2N4O5/c19-12-5-10(17(15(20)6-12)29-9-16(22)25)4-11(8-21)18(26)23-13-2-1-3-14(7-13)24(27)28/h1-7H,9H2,(H2,22,25)(H,23,26)/b11-4-. The number of hydrogen-bond donors (Lipinski definition) is 2. The van der Waals surface area contributed by atoms with Crippen molar-refractivity contribution in [2.45, 2.75) is 0 Å². The van der Waals surface area contributed by atoms with E-state index in [0.717, 1.165) is 0 Å². The molecule has 148 valence electrons. The van der Waals surface area contributed by atoms with Crippen LogP contribution in [0.15, 0.2) is 50.9 Å². The molecule has 0 spiro atoms. The first-order chi connectivity index (χ1) is 13.7. The number of nitrogens with one attached hydrogen (secondary N) is 1. The van der Waals surface area contributed by atoms with Gasteiger partial charge in [0.1, 0.15) is 17.4 Å². The van der Waals surface area contributed by atoms with Gasteiger partial charge < -0.3 is 15.8 Å². The maximum atomic E-state index is 12.5. The van der Waals surface area contributed by atoms with Gasteiger partial charge in [-0.25, -0.2) is 0 Å². The number of hydrogen-bond acceptors (Lipinski definition) is 6. The van der Waals surface area contributed by atoms with E-state index < -0.39 is 23.3 Å². The fourth-order valence-corrected chi connectivity index (χ4v) is 3.56. The molecule has 0 aliphatic carbocycles. The van der Waals surface area contributed by atoms with Crippen LogP contribution >= 0.6 is 31.9 Å². The van der Waals surface area contributed by atoms with Crippen LogP contribution in [0.1, 0.15) is 5.56 Å². The first kappa shape index (κ1) is 22.1. The van der Waals surface area contributed by atoms with Crippen LogP contribution < -0.4 is 15.8 Å². The molecule has 29 heavy (non-hydrogen) atoms. The molecule has 9 nitrogen and oxygen atoms in total. The van der Waals surface area contributed by atoms with Crippen molar-refractivity contribution in [3.8, 4) is 11.8 Å². The third-order valence-corrected chi connectivity index (χ3v) is 4.42. The molecule has 2 aromatic rings. The maximum Gasteiger partial charge on any atom is 0.271 e. The van der Waals surface area contributed by atoms with Crippen LogP contribution in [0.4, 0.5) is 11.4 Å². The number of primary amides is 1. The predicted octanol–water partition coefficient (Wildman–Crippen LogP) is 3.53. The Morgan fingerprint density at radius 1 is 1.31 bits per heavy atom. The van der Waals surface area contributed by atoms with E-state index in [-0.39, 0.29) is 22.7 Å². The van der Waals surface area contributed by atoms with Crippen molar-refractivity contribution in [2.75, 3.05) is 11.9 Å². The molecular weight excluding hydrogens is 512 g/mol. The highest BCUT2D eigenvalue weighted by Crippen LogP contribution is 2.34. The SMILES string of the molecule is N#C/C(=C/c1cc(Br)cc(Br)c1OCC(N)=O)C(=O)Nc1cccc([N+](=O)[O-])c1. The fourth-order valence-electron chi connectivity index (χ4n) is 2.18. The van der Waals surface area contributed by atoms with Crippen LogP contribution in [0.25, 0.3) is 6.08 Å². The minimum atomic E-state index is -0.773. The molecule has 2 rings (SSSR count). The molecule has 0 bridgehead atoms. The molecule has 3 N–H and O–H groups in total. The zero-order valence-corrected chi connectivity index (χ0v) is 17.7. The average Bonchev–Trinajstić information content (AvgIpc) is 2.65. The minimum absolute atomic E-state index is 0.158. The van der Waals surface area contributed by atoms with Gasteiger partial charge in [-0.2, -0.15) is 5.26 Å². The van der Waals surface area contributed by atoms with Gasteiger partial charge in [-0.05, 0) is 40.2 Å². The quantitative estimate of drug-likeness (QED) is 0.245. The third-order valence-electron chi connectivity index (χ3n) is 3.38. The van der Waals surface area contributed by atoms with Gasteiger partial charge in [0.15, 0.2) is 6.61 Å². The molecule has 0 radical (unpaired) electrons. The summed E-state index contributed by atoms with van der Waals surface area (Å²) < 4.78 is 6.46. The van der Waals surface area contributed by atoms with Gasteiger partial charge in [0.2, 0.25) is 0 Å². The molecular formula is C18H12Br2N4O5. The van der Waals surface area contributed by atoms with E-state index in [4.69, 9.17) is 10.5 Å². The van der Waals surface area contributed by atoms with Crippen LogP contribution in [-0.2, 0) is 9.59 Å². The molecule has 0 aliphatic heterocycles. The van der Waals surface area contributed by atoms with Crippen molar-refractivity contribution in [1.29, 1.82) is 5.26 Å². The average molecular weight is 524 g/mol. The Bertz CT molecular complexity index is 1060. The topological polar surface area (TPSA) is 148 Å². The Morgan fingerprint density at radius 2 is 2.03 bits per heavy atom. The summed E-state index contributed by atoms with van der Waals surface area (Å²) in [6, 6.07) is 10.3. The lowest BCUT2D eigenvalue weighted by Crippen LogP contribution is -2.20. The highest BCUT2D eigenvalue weighted by atomic mass is 79.9. The monoisotopic (exact) mass is 522 g/mol. The first-order valence-corrected chi connectivity index (χ1v) is 9.37. The molecule has 0 fully saturated rings. The smallest absolute Gasteiger partial charge is 0.271 e. The molecule has 0 unspecified atom stereocenters. The van der Waals surface area contributed by atoms with Crippen LogP contribution in [0, 0.1) is 21.4 Å². The van der Waals surface area contributed by atoms with Crippen molar-refractivity contribution in [3.63, 3.8) is 0 Å². The van der Waals surface area contributed by atoms with Gasteiger partial charge in [-0.15, -0.1) is 0 Å². The highest BCUT2D eigenvalue weighted by Gasteiger charge is 2.16. The van der Waals surface area contributed by atoms with Crippen molar-refractivity contribution in [3.05, 3.63) is 66.6 Å². The Balaban J connectivity index is 2.37. The molecule has 0 aromatic heterocycles. The molecule has 11 heteroatoms. The van der Waals surface area contributed by atoms with Crippen LogP contribution in [0.5, 0.6) is 5.75 Å². The number of nitro groups is 1. The van der Waals surface area contributed by atoms with E-state index in [1.54, 1.807) is 18.2 Å². The lowest BCUT2D eigenvalue weighted by molar-refractivity contribution is -0.384. The van der Waals surface area contributed by atoms with Gasteiger partial charge in [0.25, 0.3) is 17.5 Å². The molecule has 0 heterocycles. The number of amides is 2. The first-order valence-electron chi connectivity index (χ1n) is 7.79. The van der Waals surface area contributed by atoms with Gasteiger partial charge in [-0.3, -0.25) is 19.7 Å². The summed E-state index contributed by atoms with van der Waals surface area (Å²) in [5.41, 5.74) is 5.10. The summed E-state index contributed by atoms with van der Waals surface area (Å²) in [5, 5.41) is 22.7. The number of rotatable bonds is 7. The lowest BCUT2D eigenvalue weighted by atomic mass is 10.1. The molecule has 2 amide bonds. The van der Waals surface area contributed by atoms with Gasteiger partial charge in [-0.1, -0.05) is 22.0 Å². The number of halogens is 2. The fraction of sp³-hybridized carbons (Fsp3) is 0.0556. The van der Waals surface area contributed by atoms with Crippen molar-refractivity contribution < 1.29 is 19.2 Å². The van der Waals surface area contributed by atoms with Gasteiger partial charge in [0.05, 0.1) is 9.40 Å². The zero-order valence-electron chi connectivity index (χ0n) is 14.5. The number of nitrogens with zero attached hydrogens (tertiary/aromatic N) is 2. The number of carbonyl (C=O) groups excluding carboxylic acids is 2.